The number of fused-ring (bicyclic) bond motifs is 1. The average molecular weight is 360 g/mol. The Morgan fingerprint density at radius 3 is 2.22 bits per heavy atom. The average Bonchev–Trinajstić information content (AvgIpc) is 2.70. The van der Waals surface area contributed by atoms with Gasteiger partial charge >= 0.3 is 0 Å². The fourth-order valence-electron chi connectivity index (χ4n) is 5.60. The molecule has 1 aliphatic heterocycles. The molecule has 4 aliphatic carbocycles. The van der Waals surface area contributed by atoms with Crippen molar-refractivity contribution in [2.75, 3.05) is 0 Å². The van der Waals surface area contributed by atoms with Crippen molar-refractivity contribution in [2.45, 2.75) is 48.9 Å². The first kappa shape index (κ1) is 15.8. The van der Waals surface area contributed by atoms with Crippen molar-refractivity contribution in [3.05, 3.63) is 82.4 Å². The van der Waals surface area contributed by atoms with E-state index in [9.17, 15) is 9.90 Å². The molecule has 4 heteroatoms. The third kappa shape index (κ3) is 1.95. The molecule has 4 nitrogen and oxygen atoms in total. The highest BCUT2D eigenvalue weighted by Gasteiger charge is 2.58. The summed E-state index contributed by atoms with van der Waals surface area (Å²) in [4.78, 5) is 24.2. The molecule has 5 aliphatic rings. The van der Waals surface area contributed by atoms with E-state index in [1.807, 2.05) is 6.08 Å². The summed E-state index contributed by atoms with van der Waals surface area (Å²) in [5, 5.41) is 10.8. The highest BCUT2D eigenvalue weighted by atomic mass is 17.2. The zero-order valence-electron chi connectivity index (χ0n) is 14.9. The van der Waals surface area contributed by atoms with Crippen LogP contribution in [-0.4, -0.2) is 22.3 Å². The number of aliphatic hydroxyl groups is 1. The molecule has 1 N–H and O–H groups in total. The van der Waals surface area contributed by atoms with Crippen molar-refractivity contribution in [2.24, 2.45) is 0 Å². The number of hydrogen-bond donors (Lipinski definition) is 1. The predicted molar refractivity (Wildman–Crippen MR) is 98.0 cm³/mol. The molecule has 0 saturated heterocycles. The topological polar surface area (TPSA) is 55.8 Å². The maximum atomic E-state index is 12.6. The Morgan fingerprint density at radius 1 is 0.926 bits per heavy atom. The van der Waals surface area contributed by atoms with Gasteiger partial charge in [-0.25, -0.2) is 4.89 Å². The molecule has 2 aromatic rings. The fraction of sp³-hybridized carbons (Fsp3) is 0.348. The van der Waals surface area contributed by atoms with Crippen molar-refractivity contribution < 1.29 is 19.7 Å². The van der Waals surface area contributed by atoms with Gasteiger partial charge in [0.2, 0.25) is 5.79 Å². The van der Waals surface area contributed by atoms with Crippen molar-refractivity contribution in [3.8, 4) is 0 Å². The lowest BCUT2D eigenvalue weighted by Crippen LogP contribution is -2.55. The third-order valence-electron chi connectivity index (χ3n) is 6.74. The molecule has 1 fully saturated rings. The van der Waals surface area contributed by atoms with Crippen LogP contribution in [0.15, 0.2) is 60.2 Å². The predicted octanol–water partition coefficient (Wildman–Crippen LogP) is 3.74. The van der Waals surface area contributed by atoms with Crippen LogP contribution in [0.3, 0.4) is 0 Å². The van der Waals surface area contributed by atoms with E-state index >= 15 is 0 Å². The summed E-state index contributed by atoms with van der Waals surface area (Å²) in [6, 6.07) is 16.9. The van der Waals surface area contributed by atoms with Crippen LogP contribution < -0.4 is 0 Å². The Labute approximate surface area is 157 Å². The van der Waals surface area contributed by atoms with Gasteiger partial charge in [-0.2, -0.15) is 4.89 Å². The minimum atomic E-state index is -1.60. The van der Waals surface area contributed by atoms with Gasteiger partial charge < -0.3 is 5.11 Å². The number of Topliss-reactive ketones (excluding diaryl/α,β-unsaturated/α-hetero) is 1. The Kier molecular flexibility index (Phi) is 3.01. The normalized spacial score (nSPS) is 36.0. The summed E-state index contributed by atoms with van der Waals surface area (Å²) >= 11 is 0. The molecule has 2 atom stereocenters. The maximum absolute atomic E-state index is 12.6. The number of benzene rings is 2. The van der Waals surface area contributed by atoms with Gasteiger partial charge in [0.15, 0.2) is 5.78 Å². The second kappa shape index (κ2) is 5.16. The van der Waals surface area contributed by atoms with Gasteiger partial charge in [0.1, 0.15) is 5.60 Å². The maximum Gasteiger partial charge on any atom is 0.228 e. The lowest BCUT2D eigenvalue weighted by molar-refractivity contribution is -0.455. The quantitative estimate of drug-likeness (QED) is 0.727. The first-order chi connectivity index (χ1) is 13.1. The molecule has 2 bridgehead atoms. The summed E-state index contributed by atoms with van der Waals surface area (Å²) < 4.78 is 0. The summed E-state index contributed by atoms with van der Waals surface area (Å²) in [5.41, 5.74) is 4.71. The van der Waals surface area contributed by atoms with Crippen molar-refractivity contribution in [1.29, 1.82) is 0 Å². The fourth-order valence-corrected chi connectivity index (χ4v) is 5.60. The Balaban J connectivity index is 1.59. The van der Waals surface area contributed by atoms with Crippen LogP contribution in [0.25, 0.3) is 0 Å². The van der Waals surface area contributed by atoms with Crippen LogP contribution in [0.4, 0.5) is 0 Å². The first-order valence-corrected chi connectivity index (χ1v) is 9.65. The molecule has 1 heterocycles. The number of hydrogen-bond acceptors (Lipinski definition) is 4. The van der Waals surface area contributed by atoms with E-state index in [0.717, 1.165) is 0 Å². The van der Waals surface area contributed by atoms with Crippen LogP contribution in [0, 0.1) is 0 Å². The van der Waals surface area contributed by atoms with Gasteiger partial charge in [-0.1, -0.05) is 48.5 Å². The van der Waals surface area contributed by atoms with Crippen LogP contribution in [0.2, 0.25) is 0 Å². The highest BCUT2D eigenvalue weighted by molar-refractivity contribution is 5.98. The van der Waals surface area contributed by atoms with Crippen LogP contribution >= 0.6 is 0 Å². The molecule has 136 valence electrons. The second-order valence-corrected chi connectivity index (χ2v) is 8.19. The number of carbonyl (C=O) groups is 1. The third-order valence-corrected chi connectivity index (χ3v) is 6.74. The molecular formula is C23H20O4. The molecule has 0 aromatic heterocycles. The van der Waals surface area contributed by atoms with Gasteiger partial charge in [-0.15, -0.1) is 0 Å². The van der Waals surface area contributed by atoms with E-state index in [-0.39, 0.29) is 17.6 Å². The monoisotopic (exact) mass is 360 g/mol. The molecule has 7 rings (SSSR count). The van der Waals surface area contributed by atoms with Gasteiger partial charge in [0, 0.05) is 24.7 Å². The number of rotatable bonds is 0. The van der Waals surface area contributed by atoms with Crippen molar-refractivity contribution in [3.63, 3.8) is 0 Å². The lowest BCUT2D eigenvalue weighted by Gasteiger charge is -2.54. The molecule has 0 unspecified atom stereocenters. The van der Waals surface area contributed by atoms with Gasteiger partial charge in [0.25, 0.3) is 0 Å². The van der Waals surface area contributed by atoms with E-state index in [4.69, 9.17) is 9.78 Å². The molecular weight excluding hydrogens is 340 g/mol. The van der Waals surface area contributed by atoms with E-state index in [2.05, 4.69) is 48.5 Å². The first-order valence-electron chi connectivity index (χ1n) is 9.65. The van der Waals surface area contributed by atoms with E-state index in [0.29, 0.717) is 31.3 Å². The Morgan fingerprint density at radius 2 is 1.56 bits per heavy atom. The minimum Gasteiger partial charge on any atom is -0.360 e. The van der Waals surface area contributed by atoms with Crippen molar-refractivity contribution >= 4 is 5.78 Å². The van der Waals surface area contributed by atoms with Crippen LogP contribution in [0.5, 0.6) is 0 Å². The summed E-state index contributed by atoms with van der Waals surface area (Å²) in [6.45, 7) is 0. The SMILES string of the molecule is O=C1CCC[C@]2(O)OO[C@]3(C=C12)CC1c2ccccc2C3c2ccccc21. The standard InChI is InChI=1S/C23H20O4/c24-20-10-5-11-23(25)19(20)13-22(26-27-23)12-18-14-6-1-3-8-16(14)21(22)17-9-4-2-7-15(17)18/h1-4,6-9,13,18,21,25H,5,10-12H2/t18?,21?,22-,23-/m0/s1. The van der Waals surface area contributed by atoms with E-state index in [1.54, 1.807) is 0 Å². The van der Waals surface area contributed by atoms with Crippen LogP contribution in [0.1, 0.15) is 59.8 Å². The molecule has 0 radical (unpaired) electrons. The largest absolute Gasteiger partial charge is 0.360 e. The minimum absolute atomic E-state index is 0.0329. The van der Waals surface area contributed by atoms with E-state index < -0.39 is 11.4 Å². The van der Waals surface area contributed by atoms with Gasteiger partial charge in [-0.3, -0.25) is 4.79 Å². The molecule has 1 saturated carbocycles. The number of ketones is 1. The molecule has 2 aromatic carbocycles. The molecule has 1 spiro atoms. The Hall–Kier alpha value is -2.27. The lowest BCUT2D eigenvalue weighted by atomic mass is 9.56. The smallest absolute Gasteiger partial charge is 0.228 e. The number of carbonyl (C=O) groups excluding carboxylic acids is 1. The van der Waals surface area contributed by atoms with Crippen LogP contribution in [-0.2, 0) is 14.6 Å². The summed E-state index contributed by atoms with van der Waals surface area (Å²) in [5.74, 6) is -1.50. The van der Waals surface area contributed by atoms with Gasteiger partial charge in [0.05, 0.1) is 5.57 Å². The Bertz CT molecular complexity index is 961. The van der Waals surface area contributed by atoms with Gasteiger partial charge in [-0.05, 0) is 41.2 Å². The summed E-state index contributed by atoms with van der Waals surface area (Å²) in [6.07, 6.45) is 4.05. The highest BCUT2D eigenvalue weighted by Crippen LogP contribution is 2.61. The second-order valence-electron chi connectivity index (χ2n) is 8.19. The van der Waals surface area contributed by atoms with E-state index in [1.165, 1.54) is 22.3 Å². The zero-order valence-corrected chi connectivity index (χ0v) is 14.9. The van der Waals surface area contributed by atoms with Crippen molar-refractivity contribution in [1.82, 2.24) is 0 Å². The molecule has 27 heavy (non-hydrogen) atoms. The molecule has 0 amide bonds. The zero-order chi connectivity index (χ0) is 18.2. The summed E-state index contributed by atoms with van der Waals surface area (Å²) in [7, 11) is 0.